The Morgan fingerprint density at radius 3 is 2.65 bits per heavy atom. The molecule has 1 aromatic carbocycles. The van der Waals surface area contributed by atoms with Gasteiger partial charge in [0.25, 0.3) is 5.91 Å². The molecule has 0 aromatic heterocycles. The van der Waals surface area contributed by atoms with Gasteiger partial charge in [-0.1, -0.05) is 26.3 Å². The van der Waals surface area contributed by atoms with Crippen molar-refractivity contribution in [1.82, 2.24) is 10.2 Å². The van der Waals surface area contributed by atoms with Crippen LogP contribution in [-0.2, 0) is 4.79 Å². The Kier molecular flexibility index (Phi) is 6.30. The molecule has 2 amide bonds. The second-order valence-corrected chi connectivity index (χ2v) is 8.07. The summed E-state index contributed by atoms with van der Waals surface area (Å²) in [6, 6.07) is 7.20. The minimum atomic E-state index is -0.0774. The van der Waals surface area contributed by atoms with Crippen molar-refractivity contribution in [2.75, 3.05) is 31.5 Å². The van der Waals surface area contributed by atoms with Gasteiger partial charge in [-0.25, -0.2) is 0 Å². The van der Waals surface area contributed by atoms with E-state index in [9.17, 15) is 9.59 Å². The van der Waals surface area contributed by atoms with Crippen molar-refractivity contribution < 1.29 is 9.59 Å². The van der Waals surface area contributed by atoms with Crippen molar-refractivity contribution in [1.29, 1.82) is 0 Å². The largest absolute Gasteiger partial charge is 0.352 e. The van der Waals surface area contributed by atoms with Gasteiger partial charge in [-0.3, -0.25) is 9.59 Å². The van der Waals surface area contributed by atoms with Crippen LogP contribution in [0.2, 0.25) is 0 Å². The predicted octanol–water partition coefficient (Wildman–Crippen LogP) is 3.13. The van der Waals surface area contributed by atoms with E-state index in [1.807, 2.05) is 12.1 Å². The number of anilines is 1. The van der Waals surface area contributed by atoms with Gasteiger partial charge in [0.15, 0.2) is 0 Å². The van der Waals surface area contributed by atoms with Crippen LogP contribution >= 0.6 is 0 Å². The first-order chi connectivity index (χ1) is 12.5. The smallest absolute Gasteiger partial charge is 0.251 e. The van der Waals surface area contributed by atoms with E-state index in [2.05, 4.69) is 29.4 Å². The van der Waals surface area contributed by atoms with Gasteiger partial charge in [0.05, 0.1) is 0 Å². The fourth-order valence-corrected chi connectivity index (χ4v) is 3.68. The van der Waals surface area contributed by atoms with Gasteiger partial charge < -0.3 is 15.5 Å². The fourth-order valence-electron chi connectivity index (χ4n) is 3.68. The van der Waals surface area contributed by atoms with Gasteiger partial charge in [-0.15, -0.1) is 0 Å². The molecule has 0 radical (unpaired) electrons. The van der Waals surface area contributed by atoms with E-state index >= 15 is 0 Å². The second-order valence-electron chi connectivity index (χ2n) is 8.07. The number of carbonyl (C=O) groups is 2. The quantitative estimate of drug-likeness (QED) is 0.788. The van der Waals surface area contributed by atoms with E-state index in [0.29, 0.717) is 29.6 Å². The van der Waals surface area contributed by atoms with Gasteiger partial charge >= 0.3 is 0 Å². The third kappa shape index (κ3) is 5.31. The van der Waals surface area contributed by atoms with E-state index in [-0.39, 0.29) is 17.7 Å². The topological polar surface area (TPSA) is 61.4 Å². The molecule has 2 N–H and O–H groups in total. The standard InChI is InChI=1S/C21H31N3O2/c1-15(14-24-9-4-3-5-10-24)13-22-20(25)17-7-6-8-18(12-17)23-21(26)19-11-16(19)2/h6-8,12,15-16,19H,3-5,9-11,13-14H2,1-2H3,(H,22,25)(H,23,26). The monoisotopic (exact) mass is 357 g/mol. The molecule has 1 aromatic rings. The van der Waals surface area contributed by atoms with E-state index in [1.165, 1.54) is 32.4 Å². The summed E-state index contributed by atoms with van der Waals surface area (Å²) in [5, 5.41) is 5.96. The minimum absolute atomic E-state index is 0.0604. The first kappa shape index (κ1) is 18.9. The Bertz CT molecular complexity index is 640. The first-order valence-corrected chi connectivity index (χ1v) is 9.94. The normalized spacial score (nSPS) is 23.9. The van der Waals surface area contributed by atoms with Crippen molar-refractivity contribution in [3.05, 3.63) is 29.8 Å². The molecule has 1 aliphatic heterocycles. The maximum absolute atomic E-state index is 12.4. The van der Waals surface area contributed by atoms with Crippen LogP contribution < -0.4 is 10.6 Å². The van der Waals surface area contributed by atoms with Crippen LogP contribution in [0.1, 0.15) is 49.9 Å². The number of nitrogens with zero attached hydrogens (tertiary/aromatic N) is 1. The third-order valence-corrected chi connectivity index (χ3v) is 5.47. The number of piperidine rings is 1. The van der Waals surface area contributed by atoms with Gasteiger partial charge in [0.2, 0.25) is 5.91 Å². The molecule has 0 spiro atoms. The summed E-state index contributed by atoms with van der Waals surface area (Å²) in [5.41, 5.74) is 1.29. The summed E-state index contributed by atoms with van der Waals surface area (Å²) in [6.45, 7) is 8.34. The zero-order chi connectivity index (χ0) is 18.5. The molecule has 1 heterocycles. The Morgan fingerprint density at radius 1 is 1.23 bits per heavy atom. The van der Waals surface area contributed by atoms with Crippen molar-refractivity contribution in [3.8, 4) is 0 Å². The molecule has 26 heavy (non-hydrogen) atoms. The van der Waals surface area contributed by atoms with Crippen molar-refractivity contribution in [3.63, 3.8) is 0 Å². The Hall–Kier alpha value is -1.88. The van der Waals surface area contributed by atoms with Crippen LogP contribution in [0, 0.1) is 17.8 Å². The zero-order valence-electron chi connectivity index (χ0n) is 16.0. The lowest BCUT2D eigenvalue weighted by molar-refractivity contribution is -0.117. The van der Waals surface area contributed by atoms with Crippen molar-refractivity contribution in [2.24, 2.45) is 17.8 Å². The second kappa shape index (κ2) is 8.67. The van der Waals surface area contributed by atoms with Crippen molar-refractivity contribution in [2.45, 2.75) is 39.5 Å². The Labute approximate surface area is 156 Å². The number of hydrogen-bond acceptors (Lipinski definition) is 3. The van der Waals surface area contributed by atoms with Crippen LogP contribution in [0.5, 0.6) is 0 Å². The van der Waals surface area contributed by atoms with E-state index in [0.717, 1.165) is 13.0 Å². The van der Waals surface area contributed by atoms with Gasteiger partial charge in [-0.05, 0) is 62.4 Å². The summed E-state index contributed by atoms with van der Waals surface area (Å²) < 4.78 is 0. The van der Waals surface area contributed by atoms with Crippen molar-refractivity contribution >= 4 is 17.5 Å². The summed E-state index contributed by atoms with van der Waals surface area (Å²) in [6.07, 6.45) is 4.88. The molecule has 3 rings (SSSR count). The molecule has 1 aliphatic carbocycles. The Morgan fingerprint density at radius 2 is 1.96 bits per heavy atom. The maximum atomic E-state index is 12.4. The van der Waals surface area contributed by atoms with Crippen LogP contribution in [0.25, 0.3) is 0 Å². The van der Waals surface area contributed by atoms with Gasteiger partial charge in [-0.2, -0.15) is 0 Å². The molecule has 3 unspecified atom stereocenters. The molecule has 2 aliphatic rings. The lowest BCUT2D eigenvalue weighted by Gasteiger charge is -2.29. The SMILES string of the molecule is CC(CNC(=O)c1cccc(NC(=O)C2CC2C)c1)CN1CCCCC1. The molecular weight excluding hydrogens is 326 g/mol. The highest BCUT2D eigenvalue weighted by atomic mass is 16.2. The first-order valence-electron chi connectivity index (χ1n) is 9.94. The molecule has 0 bridgehead atoms. The molecule has 5 heteroatoms. The molecule has 1 saturated heterocycles. The predicted molar refractivity (Wildman–Crippen MR) is 104 cm³/mol. The highest BCUT2D eigenvalue weighted by molar-refractivity contribution is 5.98. The number of hydrogen-bond donors (Lipinski definition) is 2. The van der Waals surface area contributed by atoms with E-state index in [4.69, 9.17) is 0 Å². The number of carbonyl (C=O) groups excluding carboxylic acids is 2. The molecule has 142 valence electrons. The Balaban J connectivity index is 1.46. The van der Waals surface area contributed by atoms with Crippen LogP contribution in [0.15, 0.2) is 24.3 Å². The molecule has 3 atom stereocenters. The minimum Gasteiger partial charge on any atom is -0.352 e. The summed E-state index contributed by atoms with van der Waals surface area (Å²) in [7, 11) is 0. The lowest BCUT2D eigenvalue weighted by atomic mass is 10.1. The average Bonchev–Trinajstić information content (AvgIpc) is 3.38. The average molecular weight is 357 g/mol. The van der Waals surface area contributed by atoms with E-state index < -0.39 is 0 Å². The highest BCUT2D eigenvalue weighted by Crippen LogP contribution is 2.38. The maximum Gasteiger partial charge on any atom is 0.251 e. The number of rotatable bonds is 7. The van der Waals surface area contributed by atoms with Crippen LogP contribution in [0.3, 0.4) is 0 Å². The van der Waals surface area contributed by atoms with E-state index in [1.54, 1.807) is 12.1 Å². The number of amides is 2. The number of benzene rings is 1. The molecular formula is C21H31N3O2. The molecule has 1 saturated carbocycles. The zero-order valence-corrected chi connectivity index (χ0v) is 16.0. The summed E-state index contributed by atoms with van der Waals surface area (Å²) >= 11 is 0. The highest BCUT2D eigenvalue weighted by Gasteiger charge is 2.39. The lowest BCUT2D eigenvalue weighted by Crippen LogP contribution is -2.38. The summed E-state index contributed by atoms with van der Waals surface area (Å²) in [5.74, 6) is 1.01. The van der Waals surface area contributed by atoms with Crippen LogP contribution in [0.4, 0.5) is 5.69 Å². The fraction of sp³-hybridized carbons (Fsp3) is 0.619. The molecule has 2 fully saturated rings. The number of likely N-dealkylation sites (tertiary alicyclic amines) is 1. The van der Waals surface area contributed by atoms with Gasteiger partial charge in [0.1, 0.15) is 0 Å². The van der Waals surface area contributed by atoms with Crippen LogP contribution in [-0.4, -0.2) is 42.9 Å². The third-order valence-electron chi connectivity index (χ3n) is 5.47. The van der Waals surface area contributed by atoms with Gasteiger partial charge in [0, 0.05) is 30.3 Å². The molecule has 5 nitrogen and oxygen atoms in total. The summed E-state index contributed by atoms with van der Waals surface area (Å²) in [4.78, 5) is 27.0. The number of nitrogens with one attached hydrogen (secondary N) is 2.